The van der Waals surface area contributed by atoms with Crippen molar-refractivity contribution in [2.45, 2.75) is 46.1 Å². The van der Waals surface area contributed by atoms with Gasteiger partial charge in [0.1, 0.15) is 5.78 Å². The summed E-state index contributed by atoms with van der Waals surface area (Å²) in [5.41, 5.74) is -0.218. The fraction of sp³-hybridized carbons (Fsp3) is 0.800. The quantitative estimate of drug-likeness (QED) is 0.675. The molecular formula is C10H20N2O2. The van der Waals surface area contributed by atoms with E-state index in [9.17, 15) is 9.59 Å². The lowest BCUT2D eigenvalue weighted by molar-refractivity contribution is -0.117. The second-order valence-electron chi connectivity index (χ2n) is 4.44. The number of ketones is 1. The predicted molar refractivity (Wildman–Crippen MR) is 56.2 cm³/mol. The van der Waals surface area contributed by atoms with Gasteiger partial charge in [0, 0.05) is 18.5 Å². The van der Waals surface area contributed by atoms with E-state index in [-0.39, 0.29) is 17.4 Å². The molecule has 2 N–H and O–H groups in total. The van der Waals surface area contributed by atoms with Gasteiger partial charge in [-0.15, -0.1) is 0 Å². The molecule has 82 valence electrons. The maximum Gasteiger partial charge on any atom is 0.315 e. The normalized spacial score (nSPS) is 10.9. The van der Waals surface area contributed by atoms with Crippen molar-refractivity contribution < 1.29 is 9.59 Å². The topological polar surface area (TPSA) is 58.2 Å². The van der Waals surface area contributed by atoms with Crippen LogP contribution in [0.1, 0.15) is 40.5 Å². The van der Waals surface area contributed by atoms with Crippen molar-refractivity contribution in [2.75, 3.05) is 6.54 Å². The number of carbonyl (C=O) groups excluding carboxylic acids is 2. The maximum atomic E-state index is 11.2. The lowest BCUT2D eigenvalue weighted by Gasteiger charge is -2.20. The van der Waals surface area contributed by atoms with Gasteiger partial charge in [0.05, 0.1) is 0 Å². The Morgan fingerprint density at radius 3 is 2.21 bits per heavy atom. The van der Waals surface area contributed by atoms with Crippen LogP contribution in [-0.4, -0.2) is 23.9 Å². The van der Waals surface area contributed by atoms with Crippen LogP contribution in [-0.2, 0) is 4.79 Å². The van der Waals surface area contributed by atoms with Gasteiger partial charge in [-0.3, -0.25) is 0 Å². The van der Waals surface area contributed by atoms with Crippen LogP contribution in [0.15, 0.2) is 0 Å². The zero-order valence-electron chi connectivity index (χ0n) is 9.44. The Bertz CT molecular complexity index is 207. The third-order valence-corrected chi connectivity index (χ3v) is 1.48. The van der Waals surface area contributed by atoms with Gasteiger partial charge in [0.15, 0.2) is 0 Å². The fourth-order valence-electron chi connectivity index (χ4n) is 0.924. The number of amides is 2. The predicted octanol–water partition coefficient (Wildman–Crippen LogP) is 1.45. The first-order chi connectivity index (χ1) is 6.31. The fourth-order valence-corrected chi connectivity index (χ4v) is 0.924. The maximum absolute atomic E-state index is 11.2. The minimum Gasteiger partial charge on any atom is -0.338 e. The molecule has 0 aliphatic rings. The zero-order chi connectivity index (χ0) is 11.2. The second-order valence-corrected chi connectivity index (χ2v) is 4.44. The Labute approximate surface area is 85.4 Å². The number of hydrogen-bond acceptors (Lipinski definition) is 2. The molecule has 0 fully saturated rings. The lowest BCUT2D eigenvalue weighted by atomic mass is 10.1. The molecule has 4 nitrogen and oxygen atoms in total. The summed E-state index contributed by atoms with van der Waals surface area (Å²) in [7, 11) is 0. The molecule has 0 radical (unpaired) electrons. The summed E-state index contributed by atoms with van der Waals surface area (Å²) < 4.78 is 0. The summed E-state index contributed by atoms with van der Waals surface area (Å²) in [6.45, 7) is 7.85. The van der Waals surface area contributed by atoms with E-state index in [2.05, 4.69) is 10.6 Å². The van der Waals surface area contributed by atoms with Crippen molar-refractivity contribution in [3.8, 4) is 0 Å². The molecule has 0 aromatic heterocycles. The number of urea groups is 1. The summed E-state index contributed by atoms with van der Waals surface area (Å²) in [5.74, 6) is 0.156. The van der Waals surface area contributed by atoms with Crippen molar-refractivity contribution in [1.29, 1.82) is 0 Å². The smallest absolute Gasteiger partial charge is 0.315 e. The van der Waals surface area contributed by atoms with Gasteiger partial charge in [-0.2, -0.15) is 0 Å². The molecule has 0 atom stereocenters. The first-order valence-corrected chi connectivity index (χ1v) is 4.87. The van der Waals surface area contributed by atoms with Crippen LogP contribution >= 0.6 is 0 Å². The molecule has 0 aromatic rings. The Kier molecular flexibility index (Phi) is 5.20. The summed E-state index contributed by atoms with van der Waals surface area (Å²) >= 11 is 0. The van der Waals surface area contributed by atoms with E-state index in [1.54, 1.807) is 6.92 Å². The van der Waals surface area contributed by atoms with E-state index in [1.807, 2.05) is 20.8 Å². The molecular weight excluding hydrogens is 180 g/mol. The molecule has 0 heterocycles. The van der Waals surface area contributed by atoms with Crippen LogP contribution in [0.2, 0.25) is 0 Å². The largest absolute Gasteiger partial charge is 0.338 e. The highest BCUT2D eigenvalue weighted by Gasteiger charge is 2.12. The number of hydrogen-bond donors (Lipinski definition) is 2. The Balaban J connectivity index is 3.50. The van der Waals surface area contributed by atoms with Crippen molar-refractivity contribution in [3.05, 3.63) is 0 Å². The monoisotopic (exact) mass is 200 g/mol. The van der Waals surface area contributed by atoms with Gasteiger partial charge in [-0.1, -0.05) is 0 Å². The van der Waals surface area contributed by atoms with E-state index in [0.717, 1.165) is 0 Å². The molecule has 0 aliphatic carbocycles. The highest BCUT2D eigenvalue weighted by molar-refractivity contribution is 5.76. The molecule has 0 aromatic carbocycles. The van der Waals surface area contributed by atoms with Crippen LogP contribution in [0.3, 0.4) is 0 Å². The van der Waals surface area contributed by atoms with Gasteiger partial charge in [-0.25, -0.2) is 4.79 Å². The van der Waals surface area contributed by atoms with Crippen LogP contribution in [0.25, 0.3) is 0 Å². The number of carbonyl (C=O) groups is 2. The molecule has 14 heavy (non-hydrogen) atoms. The molecule has 4 heteroatoms. The summed E-state index contributed by atoms with van der Waals surface area (Å²) in [4.78, 5) is 21.8. The zero-order valence-corrected chi connectivity index (χ0v) is 9.44. The van der Waals surface area contributed by atoms with Crippen molar-refractivity contribution in [1.82, 2.24) is 10.6 Å². The first kappa shape index (κ1) is 12.9. The third-order valence-electron chi connectivity index (χ3n) is 1.48. The van der Waals surface area contributed by atoms with E-state index in [0.29, 0.717) is 19.4 Å². The average molecular weight is 200 g/mol. The average Bonchev–Trinajstić information content (AvgIpc) is 1.94. The van der Waals surface area contributed by atoms with Crippen LogP contribution in [0.5, 0.6) is 0 Å². The molecule has 0 unspecified atom stereocenters. The van der Waals surface area contributed by atoms with Crippen LogP contribution in [0, 0.1) is 0 Å². The molecule has 0 aliphatic heterocycles. The van der Waals surface area contributed by atoms with E-state index >= 15 is 0 Å². The minimum atomic E-state index is -0.218. The second kappa shape index (κ2) is 5.62. The first-order valence-electron chi connectivity index (χ1n) is 4.87. The van der Waals surface area contributed by atoms with E-state index in [4.69, 9.17) is 0 Å². The van der Waals surface area contributed by atoms with Gasteiger partial charge < -0.3 is 15.4 Å². The lowest BCUT2D eigenvalue weighted by Crippen LogP contribution is -2.46. The van der Waals surface area contributed by atoms with Crippen LogP contribution in [0.4, 0.5) is 4.79 Å². The minimum absolute atomic E-state index is 0.156. The van der Waals surface area contributed by atoms with Gasteiger partial charge in [0.25, 0.3) is 0 Å². The molecule has 0 rings (SSSR count). The summed E-state index contributed by atoms with van der Waals surface area (Å²) in [6, 6.07) is -0.180. The Hall–Kier alpha value is -1.06. The standard InChI is InChI=1S/C10H20N2O2/c1-8(13)6-5-7-11-9(14)12-10(2,3)4/h5-7H2,1-4H3,(H2,11,12,14). The highest BCUT2D eigenvalue weighted by Crippen LogP contribution is 1.97. The van der Waals surface area contributed by atoms with E-state index < -0.39 is 0 Å². The van der Waals surface area contributed by atoms with Gasteiger partial charge >= 0.3 is 6.03 Å². The Morgan fingerprint density at radius 2 is 1.79 bits per heavy atom. The SMILES string of the molecule is CC(=O)CCCNC(=O)NC(C)(C)C. The number of rotatable bonds is 4. The van der Waals surface area contributed by atoms with Crippen molar-refractivity contribution in [2.24, 2.45) is 0 Å². The summed E-state index contributed by atoms with van der Waals surface area (Å²) in [6.07, 6.45) is 1.22. The van der Waals surface area contributed by atoms with Crippen LogP contribution < -0.4 is 10.6 Å². The summed E-state index contributed by atoms with van der Waals surface area (Å²) in [5, 5.41) is 5.46. The van der Waals surface area contributed by atoms with Gasteiger partial charge in [0.2, 0.25) is 0 Å². The molecule has 0 bridgehead atoms. The molecule has 0 spiro atoms. The molecule has 0 saturated heterocycles. The Morgan fingerprint density at radius 1 is 1.21 bits per heavy atom. The molecule has 2 amide bonds. The molecule has 0 saturated carbocycles. The number of nitrogens with one attached hydrogen (secondary N) is 2. The van der Waals surface area contributed by atoms with Crippen molar-refractivity contribution >= 4 is 11.8 Å². The van der Waals surface area contributed by atoms with Gasteiger partial charge in [-0.05, 0) is 34.1 Å². The third kappa shape index (κ3) is 9.03. The van der Waals surface area contributed by atoms with Crippen molar-refractivity contribution in [3.63, 3.8) is 0 Å². The van der Waals surface area contributed by atoms with E-state index in [1.165, 1.54) is 0 Å². The number of Topliss-reactive ketones (excluding diaryl/α,β-unsaturated/α-hetero) is 1. The highest BCUT2D eigenvalue weighted by atomic mass is 16.2.